The molecule has 0 N–H and O–H groups in total. The summed E-state index contributed by atoms with van der Waals surface area (Å²) in [5.74, 6) is -0.479. The van der Waals surface area contributed by atoms with E-state index in [1.807, 2.05) is 18.2 Å². The number of Topliss-reactive ketones (excluding diaryl/α,β-unsaturated/α-hetero) is 1. The fourth-order valence-electron chi connectivity index (χ4n) is 3.12. The van der Waals surface area contributed by atoms with Gasteiger partial charge in [-0.05, 0) is 48.9 Å². The molecule has 2 aromatic heterocycles. The van der Waals surface area contributed by atoms with Crippen LogP contribution in [0.25, 0.3) is 11.6 Å². The molecule has 7 heteroatoms. The average molecular weight is 336 g/mol. The molecule has 0 bridgehead atoms. The molecule has 1 aliphatic carbocycles. The first-order valence-corrected chi connectivity index (χ1v) is 8.21. The predicted octanol–water partition coefficient (Wildman–Crippen LogP) is 2.05. The van der Waals surface area contributed by atoms with Gasteiger partial charge in [0.1, 0.15) is 0 Å². The summed E-state index contributed by atoms with van der Waals surface area (Å²) in [6.07, 6.45) is 7.47. The summed E-state index contributed by atoms with van der Waals surface area (Å²) in [7, 11) is 0. The third-order valence-corrected chi connectivity index (χ3v) is 4.42. The molecule has 0 spiro atoms. The number of aryl methyl sites for hydroxylation is 2. The molecule has 0 aliphatic heterocycles. The van der Waals surface area contributed by atoms with E-state index in [2.05, 4.69) is 15.1 Å². The summed E-state index contributed by atoms with van der Waals surface area (Å²) >= 11 is 0. The summed E-state index contributed by atoms with van der Waals surface area (Å²) in [5.41, 5.74) is 3.12. The third-order valence-electron chi connectivity index (χ3n) is 4.42. The largest absolute Gasteiger partial charge is 0.442 e. The fraction of sp³-hybridized carbons (Fsp3) is 0.278. The van der Waals surface area contributed by atoms with Crippen LogP contribution in [0.5, 0.6) is 0 Å². The Hall–Kier alpha value is -3.09. The normalized spacial score (nSPS) is 13.4. The first kappa shape index (κ1) is 15.4. The Kier molecular flexibility index (Phi) is 3.97. The highest BCUT2D eigenvalue weighted by molar-refractivity contribution is 5.96. The molecule has 2 heterocycles. The zero-order valence-electron chi connectivity index (χ0n) is 13.5. The van der Waals surface area contributed by atoms with Gasteiger partial charge < -0.3 is 0 Å². The van der Waals surface area contributed by atoms with E-state index in [0.717, 1.165) is 23.8 Å². The summed E-state index contributed by atoms with van der Waals surface area (Å²) in [5, 5.41) is 3.70. The number of hydrogen-bond acceptors (Lipinski definition) is 6. The lowest BCUT2D eigenvalue weighted by Gasteiger charge is -2.16. The minimum Gasteiger partial charge on any atom is -0.295 e. The molecule has 1 aromatic carbocycles. The van der Waals surface area contributed by atoms with Crippen molar-refractivity contribution in [3.8, 4) is 11.6 Å². The smallest absolute Gasteiger partial charge is 0.295 e. The van der Waals surface area contributed by atoms with Crippen LogP contribution in [-0.2, 0) is 19.4 Å². The molecule has 0 unspecified atom stereocenters. The Labute approximate surface area is 143 Å². The van der Waals surface area contributed by atoms with E-state index < -0.39 is 5.76 Å². The second-order valence-corrected chi connectivity index (χ2v) is 6.04. The Morgan fingerprint density at radius 3 is 2.68 bits per heavy atom. The lowest BCUT2D eigenvalue weighted by molar-refractivity contribution is 0.0969. The molecular weight excluding hydrogens is 320 g/mol. The molecular formula is C18H16N4O3. The van der Waals surface area contributed by atoms with Crippen LogP contribution in [0, 0.1) is 0 Å². The number of nitrogens with zero attached hydrogens (tertiary/aromatic N) is 4. The molecule has 7 nitrogen and oxygen atoms in total. The molecule has 4 rings (SSSR count). The van der Waals surface area contributed by atoms with Crippen LogP contribution in [0.15, 0.2) is 46.0 Å². The number of carbonyl (C=O) groups excluding carboxylic acids is 1. The number of rotatable bonds is 4. The Bertz CT molecular complexity index is 975. The van der Waals surface area contributed by atoms with E-state index >= 15 is 0 Å². The van der Waals surface area contributed by atoms with Gasteiger partial charge in [-0.2, -0.15) is 0 Å². The van der Waals surface area contributed by atoms with Gasteiger partial charge in [0, 0.05) is 18.0 Å². The van der Waals surface area contributed by atoms with Crippen molar-refractivity contribution in [2.24, 2.45) is 0 Å². The first-order valence-electron chi connectivity index (χ1n) is 8.21. The van der Waals surface area contributed by atoms with Crippen LogP contribution in [0.3, 0.4) is 0 Å². The number of hydrogen-bond donors (Lipinski definition) is 0. The van der Waals surface area contributed by atoms with Gasteiger partial charge in [-0.15, -0.1) is 0 Å². The van der Waals surface area contributed by atoms with E-state index in [4.69, 9.17) is 4.52 Å². The van der Waals surface area contributed by atoms with Gasteiger partial charge >= 0.3 is 5.76 Å². The maximum atomic E-state index is 12.7. The van der Waals surface area contributed by atoms with Crippen molar-refractivity contribution in [3.05, 3.63) is 63.9 Å². The molecule has 0 atom stereocenters. The minimum atomic E-state index is -0.700. The van der Waals surface area contributed by atoms with Crippen molar-refractivity contribution in [3.63, 3.8) is 0 Å². The number of carbonyl (C=O) groups is 1. The van der Waals surface area contributed by atoms with Gasteiger partial charge in [-0.25, -0.2) is 19.3 Å². The van der Waals surface area contributed by atoms with Crippen LogP contribution < -0.4 is 5.76 Å². The number of fused-ring (bicyclic) bond motifs is 1. The fourth-order valence-corrected chi connectivity index (χ4v) is 3.12. The van der Waals surface area contributed by atoms with E-state index in [9.17, 15) is 9.59 Å². The highest BCUT2D eigenvalue weighted by Crippen LogP contribution is 2.22. The monoisotopic (exact) mass is 336 g/mol. The van der Waals surface area contributed by atoms with Crippen LogP contribution in [-0.4, -0.2) is 25.5 Å². The van der Waals surface area contributed by atoms with Crippen LogP contribution in [0.4, 0.5) is 0 Å². The van der Waals surface area contributed by atoms with Gasteiger partial charge in [0.05, 0.1) is 6.54 Å². The predicted molar refractivity (Wildman–Crippen MR) is 89.2 cm³/mol. The van der Waals surface area contributed by atoms with Gasteiger partial charge in [-0.3, -0.25) is 9.32 Å². The van der Waals surface area contributed by atoms with Gasteiger partial charge in [0.2, 0.25) is 5.82 Å². The quantitative estimate of drug-likeness (QED) is 0.677. The highest BCUT2D eigenvalue weighted by atomic mass is 16.5. The van der Waals surface area contributed by atoms with Crippen molar-refractivity contribution in [2.45, 2.75) is 32.2 Å². The first-order chi connectivity index (χ1) is 12.2. The van der Waals surface area contributed by atoms with Crippen molar-refractivity contribution in [2.75, 3.05) is 0 Å². The van der Waals surface area contributed by atoms with Crippen molar-refractivity contribution in [1.82, 2.24) is 19.7 Å². The van der Waals surface area contributed by atoms with Crippen LogP contribution in [0.1, 0.15) is 34.3 Å². The van der Waals surface area contributed by atoms with Gasteiger partial charge in [0.25, 0.3) is 0 Å². The molecule has 25 heavy (non-hydrogen) atoms. The van der Waals surface area contributed by atoms with E-state index in [1.54, 1.807) is 6.07 Å². The second kappa shape index (κ2) is 6.43. The Balaban J connectivity index is 1.64. The number of ketones is 1. The molecule has 126 valence electrons. The van der Waals surface area contributed by atoms with E-state index in [0.29, 0.717) is 5.56 Å². The summed E-state index contributed by atoms with van der Waals surface area (Å²) in [6.45, 7) is -0.158. The van der Waals surface area contributed by atoms with Crippen molar-refractivity contribution < 1.29 is 9.32 Å². The molecule has 1 aliphatic rings. The lowest BCUT2D eigenvalue weighted by Crippen LogP contribution is -2.22. The molecule has 3 aromatic rings. The summed E-state index contributed by atoms with van der Waals surface area (Å²) in [6, 6.07) is 7.43. The van der Waals surface area contributed by atoms with Crippen LogP contribution in [0.2, 0.25) is 0 Å². The Morgan fingerprint density at radius 2 is 1.88 bits per heavy atom. The molecule has 0 radical (unpaired) electrons. The SMILES string of the molecule is O=C(Cn1c(-c2ncccn2)noc1=O)c1ccc2c(c1)CCCC2. The zero-order chi connectivity index (χ0) is 17.2. The standard InChI is InChI=1S/C18H16N4O3/c23-15(14-7-6-12-4-1-2-5-13(12)10-14)11-22-17(21-25-18(22)24)16-19-8-3-9-20-16/h3,6-10H,1-2,4-5,11H2. The Morgan fingerprint density at radius 1 is 1.12 bits per heavy atom. The van der Waals surface area contributed by atoms with Crippen molar-refractivity contribution >= 4 is 5.78 Å². The average Bonchev–Trinajstić information content (AvgIpc) is 3.02. The maximum absolute atomic E-state index is 12.7. The number of benzene rings is 1. The maximum Gasteiger partial charge on any atom is 0.442 e. The minimum absolute atomic E-state index is 0.150. The molecule has 0 fully saturated rings. The van der Waals surface area contributed by atoms with E-state index in [1.165, 1.54) is 29.9 Å². The highest BCUT2D eigenvalue weighted by Gasteiger charge is 2.19. The zero-order valence-corrected chi connectivity index (χ0v) is 13.5. The van der Waals surface area contributed by atoms with E-state index in [-0.39, 0.29) is 24.0 Å². The lowest BCUT2D eigenvalue weighted by atomic mass is 9.90. The topological polar surface area (TPSA) is 90.9 Å². The molecule has 0 amide bonds. The molecule has 0 saturated heterocycles. The van der Waals surface area contributed by atoms with Crippen molar-refractivity contribution in [1.29, 1.82) is 0 Å². The second-order valence-electron chi connectivity index (χ2n) is 6.04. The van der Waals surface area contributed by atoms with Gasteiger partial charge in [0.15, 0.2) is 11.6 Å². The number of aromatic nitrogens is 4. The molecule has 0 saturated carbocycles. The van der Waals surface area contributed by atoms with Crippen LogP contribution >= 0.6 is 0 Å². The van der Waals surface area contributed by atoms with Gasteiger partial charge in [-0.1, -0.05) is 17.3 Å². The summed E-state index contributed by atoms with van der Waals surface area (Å²) < 4.78 is 5.87. The summed E-state index contributed by atoms with van der Waals surface area (Å²) in [4.78, 5) is 32.7. The third kappa shape index (κ3) is 3.00.